The molecule has 1 unspecified atom stereocenters. The molecule has 1 aromatic carbocycles. The summed E-state index contributed by atoms with van der Waals surface area (Å²) in [4.78, 5) is 51.6. The van der Waals surface area contributed by atoms with Crippen LogP contribution in [0.4, 0.5) is 0 Å². The van der Waals surface area contributed by atoms with Gasteiger partial charge >= 0.3 is 23.9 Å². The molecule has 0 aromatic heterocycles. The van der Waals surface area contributed by atoms with Crippen LogP contribution >= 0.6 is 0 Å². The highest BCUT2D eigenvalue weighted by atomic mass is 16.7. The number of hydrogen-bond acceptors (Lipinski definition) is 12. The van der Waals surface area contributed by atoms with Crippen LogP contribution in [0.3, 0.4) is 0 Å². The lowest BCUT2D eigenvalue weighted by Gasteiger charge is -2.44. The van der Waals surface area contributed by atoms with Gasteiger partial charge in [0.1, 0.15) is 11.9 Å². The van der Waals surface area contributed by atoms with Gasteiger partial charge in [-0.1, -0.05) is 30.4 Å². The second-order valence-electron chi connectivity index (χ2n) is 9.83. The minimum absolute atomic E-state index is 0.0351. The second kappa shape index (κ2) is 17.4. The number of methoxy groups -OCH3 is 2. The van der Waals surface area contributed by atoms with Crippen LogP contribution < -0.4 is 4.74 Å². The summed E-state index contributed by atoms with van der Waals surface area (Å²) in [5.41, 5.74) is 0.832. The van der Waals surface area contributed by atoms with Crippen molar-refractivity contribution in [2.75, 3.05) is 27.4 Å². The maximum Gasteiger partial charge on any atom is 0.321 e. The molecular formula is C31H40O12. The topological polar surface area (TPSA) is 142 Å². The highest BCUT2D eigenvalue weighted by Crippen LogP contribution is 2.31. The van der Waals surface area contributed by atoms with E-state index in [1.54, 1.807) is 38.3 Å². The highest BCUT2D eigenvalue weighted by Gasteiger charge is 2.53. The fourth-order valence-electron chi connectivity index (χ4n) is 4.59. The van der Waals surface area contributed by atoms with Gasteiger partial charge in [-0.15, -0.1) is 6.58 Å². The molecule has 0 bridgehead atoms. The third kappa shape index (κ3) is 9.91. The van der Waals surface area contributed by atoms with Crippen molar-refractivity contribution in [1.82, 2.24) is 0 Å². The van der Waals surface area contributed by atoms with Crippen LogP contribution in [-0.2, 0) is 58.9 Å². The molecule has 3 rings (SSSR count). The van der Waals surface area contributed by atoms with E-state index in [2.05, 4.69) is 6.58 Å². The van der Waals surface area contributed by atoms with Gasteiger partial charge in [0, 0.05) is 20.0 Å². The van der Waals surface area contributed by atoms with Gasteiger partial charge in [-0.3, -0.25) is 19.2 Å². The molecule has 0 radical (unpaired) electrons. The summed E-state index contributed by atoms with van der Waals surface area (Å²) in [5, 5.41) is 0. The molecule has 2 aliphatic heterocycles. The van der Waals surface area contributed by atoms with E-state index in [9.17, 15) is 19.2 Å². The number of hydrogen-bond donors (Lipinski definition) is 0. The first kappa shape index (κ1) is 33.8. The van der Waals surface area contributed by atoms with E-state index in [0.717, 1.165) is 5.56 Å². The zero-order valence-corrected chi connectivity index (χ0v) is 24.8. The maximum absolute atomic E-state index is 13.4. The molecule has 236 valence electrons. The number of ether oxygens (including phenoxy) is 8. The number of carbonyl (C=O) groups excluding carboxylic acids is 4. The molecule has 0 spiro atoms. The van der Waals surface area contributed by atoms with E-state index in [1.165, 1.54) is 13.2 Å². The van der Waals surface area contributed by atoms with Gasteiger partial charge in [0.25, 0.3) is 0 Å². The first-order valence-electron chi connectivity index (χ1n) is 14.2. The Morgan fingerprint density at radius 1 is 1.00 bits per heavy atom. The molecule has 43 heavy (non-hydrogen) atoms. The van der Waals surface area contributed by atoms with Crippen molar-refractivity contribution in [3.63, 3.8) is 0 Å². The number of benzene rings is 1. The summed E-state index contributed by atoms with van der Waals surface area (Å²) in [7, 11) is 2.91. The van der Waals surface area contributed by atoms with E-state index in [0.29, 0.717) is 18.6 Å². The van der Waals surface area contributed by atoms with Gasteiger partial charge in [0.2, 0.25) is 0 Å². The van der Waals surface area contributed by atoms with Gasteiger partial charge in [0.15, 0.2) is 30.5 Å². The first-order chi connectivity index (χ1) is 20.8. The molecular weight excluding hydrogens is 564 g/mol. The third-order valence-electron chi connectivity index (χ3n) is 6.78. The Hall–Kier alpha value is -3.74. The molecule has 6 atom stereocenters. The van der Waals surface area contributed by atoms with Crippen LogP contribution in [0, 0.1) is 5.92 Å². The second-order valence-corrected chi connectivity index (χ2v) is 9.83. The molecule has 1 fully saturated rings. The Bertz CT molecular complexity index is 1110. The van der Waals surface area contributed by atoms with E-state index >= 15 is 0 Å². The van der Waals surface area contributed by atoms with Crippen molar-refractivity contribution in [1.29, 1.82) is 0 Å². The van der Waals surface area contributed by atoms with Crippen molar-refractivity contribution < 1.29 is 57.1 Å². The molecule has 2 aliphatic rings. The van der Waals surface area contributed by atoms with E-state index in [1.807, 2.05) is 12.1 Å². The van der Waals surface area contributed by atoms with Gasteiger partial charge in [-0.2, -0.15) is 0 Å². The number of fused-ring (bicyclic) bond motifs is 1. The molecule has 1 saturated heterocycles. The summed E-state index contributed by atoms with van der Waals surface area (Å²) in [6.45, 7) is 5.31. The number of esters is 4. The van der Waals surface area contributed by atoms with Crippen LogP contribution in [0.1, 0.15) is 44.6 Å². The summed E-state index contributed by atoms with van der Waals surface area (Å²) in [6.07, 6.45) is -0.368. The lowest BCUT2D eigenvalue weighted by atomic mass is 9.97. The molecule has 12 heteroatoms. The molecule has 0 N–H and O–H groups in total. The zero-order chi connectivity index (χ0) is 31.2. The van der Waals surface area contributed by atoms with E-state index in [-0.39, 0.29) is 39.1 Å². The Morgan fingerprint density at radius 3 is 2.23 bits per heavy atom. The smallest absolute Gasteiger partial charge is 0.321 e. The van der Waals surface area contributed by atoms with Gasteiger partial charge in [-0.05, 0) is 43.9 Å². The van der Waals surface area contributed by atoms with Crippen molar-refractivity contribution in [2.24, 2.45) is 5.92 Å². The minimum atomic E-state index is -1.34. The fraction of sp³-hybridized carbons (Fsp3) is 0.548. The molecule has 0 aliphatic carbocycles. The molecule has 12 nitrogen and oxygen atoms in total. The first-order valence-corrected chi connectivity index (χ1v) is 14.2. The standard InChI is InChI=1S/C31H40O12/c1-5-11-22(29(34)39-6-2)30(35)43-26-23(19-38-18-20-14-16-21(36-3)17-15-20)40-31(37-4)28-27(26)41-24(32)12-9-7-8-10-13-25(33)42-28/h5,7-8,14-17,22-23,26-28,31H,1,6,9-13,18-19H2,2-4H3/t22?,23-,26-,27+,28-,31+/m1/s1. The maximum atomic E-state index is 13.4. The fourth-order valence-corrected chi connectivity index (χ4v) is 4.59. The zero-order valence-electron chi connectivity index (χ0n) is 24.8. The van der Waals surface area contributed by atoms with Crippen LogP contribution in [0.2, 0.25) is 0 Å². The van der Waals surface area contributed by atoms with E-state index < -0.39 is 60.5 Å². The Morgan fingerprint density at radius 2 is 1.65 bits per heavy atom. The predicted octanol–water partition coefficient (Wildman–Crippen LogP) is 3.20. The SMILES string of the molecule is C=CCC(C(=O)OCC)C(=O)O[C@H]1[C@@H]2OC(=O)CCC=CCCC(=O)O[C@H]2[C@@H](OC)O[C@@H]1COCc1ccc(OC)cc1. The van der Waals surface area contributed by atoms with Gasteiger partial charge < -0.3 is 37.9 Å². The normalized spacial score (nSPS) is 25.0. The average molecular weight is 605 g/mol. The van der Waals surface area contributed by atoms with Crippen LogP contribution in [0.15, 0.2) is 49.1 Å². The lowest BCUT2D eigenvalue weighted by Crippen LogP contribution is -2.63. The van der Waals surface area contributed by atoms with Gasteiger partial charge in [-0.25, -0.2) is 0 Å². The predicted molar refractivity (Wildman–Crippen MR) is 151 cm³/mol. The Kier molecular flexibility index (Phi) is 13.7. The Balaban J connectivity index is 1.93. The number of allylic oxidation sites excluding steroid dienone is 3. The average Bonchev–Trinajstić information content (AvgIpc) is 2.99. The van der Waals surface area contributed by atoms with Crippen molar-refractivity contribution >= 4 is 23.9 Å². The lowest BCUT2D eigenvalue weighted by molar-refractivity contribution is -0.305. The van der Waals surface area contributed by atoms with Crippen molar-refractivity contribution in [2.45, 2.75) is 76.3 Å². The number of rotatable bonds is 12. The van der Waals surface area contributed by atoms with E-state index in [4.69, 9.17) is 37.9 Å². The third-order valence-corrected chi connectivity index (χ3v) is 6.78. The number of carbonyl (C=O) groups is 4. The van der Waals surface area contributed by atoms with Crippen LogP contribution in [0.25, 0.3) is 0 Å². The molecule has 2 heterocycles. The summed E-state index contributed by atoms with van der Waals surface area (Å²) in [6, 6.07) is 7.23. The molecule has 0 amide bonds. The summed E-state index contributed by atoms with van der Waals surface area (Å²) < 4.78 is 45.1. The quantitative estimate of drug-likeness (QED) is 0.150. The molecule has 1 aromatic rings. The largest absolute Gasteiger partial charge is 0.497 e. The Labute approximate surface area is 251 Å². The summed E-state index contributed by atoms with van der Waals surface area (Å²) >= 11 is 0. The highest BCUT2D eigenvalue weighted by molar-refractivity contribution is 5.95. The minimum Gasteiger partial charge on any atom is -0.497 e. The van der Waals surface area contributed by atoms with Crippen molar-refractivity contribution in [3.05, 3.63) is 54.6 Å². The molecule has 0 saturated carbocycles. The van der Waals surface area contributed by atoms with Gasteiger partial charge in [0.05, 0.1) is 26.9 Å². The summed E-state index contributed by atoms with van der Waals surface area (Å²) in [5.74, 6) is -3.58. The monoisotopic (exact) mass is 604 g/mol. The van der Waals surface area contributed by atoms with Crippen LogP contribution in [0.5, 0.6) is 5.75 Å². The van der Waals surface area contributed by atoms with Crippen LogP contribution in [-0.4, -0.2) is 82.0 Å². The van der Waals surface area contributed by atoms with Crippen molar-refractivity contribution in [3.8, 4) is 5.75 Å².